The van der Waals surface area contributed by atoms with E-state index in [4.69, 9.17) is 48.0 Å². The van der Waals surface area contributed by atoms with Gasteiger partial charge in [-0.1, -0.05) is 43.8 Å². The van der Waals surface area contributed by atoms with Gasteiger partial charge in [0.25, 0.3) is 0 Å². The molecule has 2 aromatic heterocycles. The molecule has 0 aliphatic carbocycles. The maximum atomic E-state index is 10.6. The van der Waals surface area contributed by atoms with Crippen LogP contribution in [0.1, 0.15) is 18.6 Å². The lowest BCUT2D eigenvalue weighted by Crippen LogP contribution is -2.32. The Hall–Kier alpha value is -3.26. The molecule has 0 unspecified atom stereocenters. The van der Waals surface area contributed by atoms with Crippen LogP contribution in [0.3, 0.4) is 0 Å². The van der Waals surface area contributed by atoms with Gasteiger partial charge in [-0.2, -0.15) is 8.42 Å². The van der Waals surface area contributed by atoms with Crippen LogP contribution in [0, 0.1) is 0 Å². The van der Waals surface area contributed by atoms with Gasteiger partial charge < -0.3 is 30.5 Å². The maximum Gasteiger partial charge on any atom is 0.394 e. The predicted molar refractivity (Wildman–Crippen MR) is 131 cm³/mol. The summed E-state index contributed by atoms with van der Waals surface area (Å²) < 4.78 is 42.2. The number of aliphatic hydroxyl groups excluding tert-OH is 1. The minimum absolute atomic E-state index is 0. The lowest BCUT2D eigenvalue weighted by Gasteiger charge is -2.05. The summed E-state index contributed by atoms with van der Waals surface area (Å²) in [5.41, 5.74) is 14.6. The number of rotatable bonds is 6. The molecule has 0 aliphatic heterocycles. The van der Waals surface area contributed by atoms with E-state index in [1.807, 2.05) is 48.5 Å². The van der Waals surface area contributed by atoms with Crippen molar-refractivity contribution in [3.05, 3.63) is 72.2 Å². The van der Waals surface area contributed by atoms with E-state index in [9.17, 15) is 4.79 Å². The van der Waals surface area contributed by atoms with Gasteiger partial charge in [-0.25, -0.2) is 0 Å². The maximum absolute atomic E-state index is 10.6. The van der Waals surface area contributed by atoms with Crippen molar-refractivity contribution in [3.63, 3.8) is 0 Å². The van der Waals surface area contributed by atoms with Gasteiger partial charge in [0, 0.05) is 28.8 Å². The molecule has 4 rings (SSSR count). The summed E-state index contributed by atoms with van der Waals surface area (Å²) in [5, 5.41) is 19.6. The van der Waals surface area contributed by atoms with Crippen molar-refractivity contribution < 1.29 is 41.4 Å². The number of nitrogens with two attached hydrogens (primary N) is 2. The number of furan rings is 2. The molecule has 2 aromatic carbocycles. The Balaban J connectivity index is 0.000000288. The number of aliphatic carboxylic acids is 1. The lowest BCUT2D eigenvalue weighted by molar-refractivity contribution is -0.138. The number of fused-ring (bicyclic) bond motifs is 2. The number of carbonyl (C=O) groups is 1. The molecule has 8 N–H and O–H groups in total. The van der Waals surface area contributed by atoms with Crippen LogP contribution >= 0.6 is 0 Å². The third-order valence-electron chi connectivity index (χ3n) is 4.60. The van der Waals surface area contributed by atoms with E-state index in [1.54, 1.807) is 12.5 Å². The average molecular weight is 511 g/mol. The molecule has 2 heterocycles. The zero-order chi connectivity index (χ0) is 25.3. The fourth-order valence-electron chi connectivity index (χ4n) is 3.05. The van der Waals surface area contributed by atoms with Gasteiger partial charge in [0.1, 0.15) is 17.2 Å². The summed E-state index contributed by atoms with van der Waals surface area (Å²) in [6.07, 6.45) is 4.20. The molecule has 11 nitrogen and oxygen atoms in total. The normalized spacial score (nSPS) is 12.5. The van der Waals surface area contributed by atoms with Crippen molar-refractivity contribution in [2.45, 2.75) is 32.4 Å². The highest BCUT2D eigenvalue weighted by Gasteiger charge is 2.15. The van der Waals surface area contributed by atoms with Crippen molar-refractivity contribution in [2.24, 2.45) is 11.5 Å². The third kappa shape index (κ3) is 9.86. The van der Waals surface area contributed by atoms with Crippen LogP contribution in [0.25, 0.3) is 21.9 Å². The van der Waals surface area contributed by atoms with Crippen molar-refractivity contribution in [1.82, 2.24) is 0 Å². The zero-order valence-corrected chi connectivity index (χ0v) is 18.8. The first-order valence-corrected chi connectivity index (χ1v) is 11.3. The predicted octanol–water partition coefficient (Wildman–Crippen LogP) is 2.67. The van der Waals surface area contributed by atoms with Crippen LogP contribution in [0.2, 0.25) is 0 Å². The topological polar surface area (TPSA) is 210 Å². The van der Waals surface area contributed by atoms with Crippen LogP contribution < -0.4 is 11.5 Å². The van der Waals surface area contributed by atoms with Crippen LogP contribution in [-0.4, -0.2) is 52.4 Å². The molecule has 4 aromatic rings. The number of hydrogen-bond acceptors (Lipinski definition) is 8. The smallest absolute Gasteiger partial charge is 0.394 e. The molecule has 0 radical (unpaired) electrons. The van der Waals surface area contributed by atoms with E-state index in [0.717, 1.165) is 33.1 Å². The first kappa shape index (κ1) is 29.8. The van der Waals surface area contributed by atoms with Crippen LogP contribution in [-0.2, 0) is 28.0 Å². The van der Waals surface area contributed by atoms with Gasteiger partial charge in [-0.3, -0.25) is 13.9 Å². The first-order chi connectivity index (χ1) is 16.0. The van der Waals surface area contributed by atoms with Crippen molar-refractivity contribution in [2.75, 3.05) is 6.61 Å². The van der Waals surface area contributed by atoms with E-state index in [2.05, 4.69) is 0 Å². The number of carboxylic acid groups (broad SMARTS) is 1. The molecule has 0 amide bonds. The molecule has 0 bridgehead atoms. The van der Waals surface area contributed by atoms with E-state index < -0.39 is 22.4 Å². The van der Waals surface area contributed by atoms with Crippen LogP contribution in [0.15, 0.2) is 69.9 Å². The standard InChI is InChI=1S/C11H11NO3.C11H13NO2.CH4.H2O4S/c12-9(11(13)14)5-7-6-15-10-4-2-1-3-8(7)10;12-9(6-13)5-8-7-14-11-4-2-1-3-10(8)11;;1-5(2,3)4/h1-4,6,9H,5,12H2,(H,13,14);1-4,7,9,13H,5-6,12H2;1H4;(H2,1,2,3,4)/t2*9-;;/m00../s1. The van der Waals surface area contributed by atoms with E-state index in [1.165, 1.54) is 0 Å². The third-order valence-corrected chi connectivity index (χ3v) is 4.60. The average Bonchev–Trinajstić information content (AvgIpc) is 3.37. The Labute approximate surface area is 202 Å². The number of para-hydroxylation sites is 2. The first-order valence-electron chi connectivity index (χ1n) is 9.94. The Kier molecular flexibility index (Phi) is 11.6. The highest BCUT2D eigenvalue weighted by Crippen LogP contribution is 2.22. The van der Waals surface area contributed by atoms with Gasteiger partial charge in [-0.15, -0.1) is 0 Å². The molecule has 35 heavy (non-hydrogen) atoms. The van der Waals surface area contributed by atoms with Crippen molar-refractivity contribution >= 4 is 38.3 Å². The second kappa shape index (κ2) is 13.6. The monoisotopic (exact) mass is 510 g/mol. The second-order valence-corrected chi connectivity index (χ2v) is 8.15. The molecule has 0 saturated carbocycles. The molecular formula is C23H30N2O9S. The summed E-state index contributed by atoms with van der Waals surface area (Å²) in [5.74, 6) is -1.000. The van der Waals surface area contributed by atoms with E-state index in [-0.39, 0.29) is 26.5 Å². The SMILES string of the molecule is C.N[C@@H](Cc1coc2ccccc12)C(=O)O.N[C@H](CO)Cc1coc2ccccc12.O=S(=O)(O)O. The van der Waals surface area contributed by atoms with Crippen LogP contribution in [0.5, 0.6) is 0 Å². The fraction of sp³-hybridized carbons (Fsp3) is 0.261. The molecular weight excluding hydrogens is 480 g/mol. The van der Waals surface area contributed by atoms with Crippen LogP contribution in [0.4, 0.5) is 0 Å². The summed E-state index contributed by atoms with van der Waals surface area (Å²) in [6.45, 7) is -0.000489. The number of hydrogen-bond donors (Lipinski definition) is 6. The molecule has 2 atom stereocenters. The summed E-state index contributed by atoms with van der Waals surface area (Å²) in [4.78, 5) is 10.6. The second-order valence-electron chi connectivity index (χ2n) is 7.26. The molecule has 0 fully saturated rings. The largest absolute Gasteiger partial charge is 0.480 e. The van der Waals surface area contributed by atoms with Gasteiger partial charge in [0.2, 0.25) is 0 Å². The quantitative estimate of drug-likeness (QED) is 0.208. The zero-order valence-electron chi connectivity index (χ0n) is 17.9. The van der Waals surface area contributed by atoms with E-state index >= 15 is 0 Å². The summed E-state index contributed by atoms with van der Waals surface area (Å²) >= 11 is 0. The highest BCUT2D eigenvalue weighted by molar-refractivity contribution is 7.79. The molecule has 0 saturated heterocycles. The summed E-state index contributed by atoms with van der Waals surface area (Å²) in [6, 6.07) is 14.2. The fourth-order valence-corrected chi connectivity index (χ4v) is 3.05. The highest BCUT2D eigenvalue weighted by atomic mass is 32.3. The van der Waals surface area contributed by atoms with E-state index in [0.29, 0.717) is 6.42 Å². The Morgan fingerprint density at radius 1 is 0.857 bits per heavy atom. The molecule has 192 valence electrons. The van der Waals surface area contributed by atoms with Crippen molar-refractivity contribution in [3.8, 4) is 0 Å². The minimum atomic E-state index is -4.67. The molecule has 12 heteroatoms. The Morgan fingerprint density at radius 3 is 1.66 bits per heavy atom. The summed E-state index contributed by atoms with van der Waals surface area (Å²) in [7, 11) is -4.67. The van der Waals surface area contributed by atoms with Gasteiger partial charge >= 0.3 is 16.4 Å². The van der Waals surface area contributed by atoms with Crippen molar-refractivity contribution in [1.29, 1.82) is 0 Å². The van der Waals surface area contributed by atoms with Gasteiger partial charge in [0.05, 0.1) is 19.1 Å². The number of aliphatic hydroxyl groups is 1. The molecule has 0 aliphatic rings. The Morgan fingerprint density at radius 2 is 1.26 bits per heavy atom. The van der Waals surface area contributed by atoms with Gasteiger partial charge in [0.15, 0.2) is 0 Å². The molecule has 0 spiro atoms. The number of benzene rings is 2. The van der Waals surface area contributed by atoms with Gasteiger partial charge in [-0.05, 0) is 24.1 Å². The lowest BCUT2D eigenvalue weighted by atomic mass is 10.1. The Bertz CT molecular complexity index is 1310. The number of carboxylic acids is 1. The minimum Gasteiger partial charge on any atom is -0.480 e.